The number of phenols is 1. The molecule has 214 valence electrons. The fourth-order valence-corrected chi connectivity index (χ4v) is 5.32. The zero-order valence-corrected chi connectivity index (χ0v) is 22.9. The van der Waals surface area contributed by atoms with Crippen LogP contribution in [0.15, 0.2) is 85.2 Å². The molecule has 1 atom stereocenters. The lowest BCUT2D eigenvalue weighted by molar-refractivity contribution is 0.0936. The Hall–Kier alpha value is -5.97. The number of hydrogen-bond donors (Lipinski definition) is 5. The van der Waals surface area contributed by atoms with Gasteiger partial charge in [-0.3, -0.25) is 14.2 Å². The number of amides is 1. The van der Waals surface area contributed by atoms with Crippen molar-refractivity contribution in [2.75, 3.05) is 5.73 Å². The van der Waals surface area contributed by atoms with Crippen molar-refractivity contribution in [2.45, 2.75) is 18.9 Å². The van der Waals surface area contributed by atoms with E-state index in [-0.39, 0.29) is 23.3 Å². The molecule has 1 aliphatic carbocycles. The molecule has 1 aliphatic rings. The molecule has 6 rings (SSSR count). The number of nitrogens with one attached hydrogen (secondary N) is 1. The van der Waals surface area contributed by atoms with Crippen molar-refractivity contribution in [3.63, 3.8) is 0 Å². The number of aryl methyl sites for hydroxylation is 1. The number of nitrogens with two attached hydrogens (primary N) is 3. The van der Waals surface area contributed by atoms with E-state index in [2.05, 4.69) is 16.4 Å². The monoisotopic (exact) mass is 572 g/mol. The third-order valence-corrected chi connectivity index (χ3v) is 7.45. The standard InChI is InChI=1S/C32H28N8O3/c33-13-1-4-24(34)26-10-11-27-31(37-26)40(30(38-27)23-3-2-14-36-29(23)35)21-7-8-22-18(16-21)5-9-25(22)39-32(43)19-6-12-28(42)20(15-19)17-41/h1-4,6-8,10-17,25,42H,5,9,33-34H2,(H2,35,36)(H,39,43)/b13-1-,24-4-. The Balaban J connectivity index is 1.41. The molecule has 43 heavy (non-hydrogen) atoms. The van der Waals surface area contributed by atoms with Crippen molar-refractivity contribution in [2.24, 2.45) is 11.5 Å². The molecule has 8 N–H and O–H groups in total. The lowest BCUT2D eigenvalue weighted by Gasteiger charge is -2.16. The van der Waals surface area contributed by atoms with Crippen LogP contribution in [0.3, 0.4) is 0 Å². The molecule has 3 heterocycles. The number of fused-ring (bicyclic) bond motifs is 2. The molecule has 0 aliphatic heterocycles. The summed E-state index contributed by atoms with van der Waals surface area (Å²) in [6.07, 6.45) is 8.29. The maximum Gasteiger partial charge on any atom is 0.251 e. The molecule has 0 spiro atoms. The van der Waals surface area contributed by atoms with Crippen molar-refractivity contribution in [3.05, 3.63) is 113 Å². The van der Waals surface area contributed by atoms with Crippen molar-refractivity contribution >= 4 is 34.9 Å². The molecule has 2 aromatic carbocycles. The van der Waals surface area contributed by atoms with Crippen LogP contribution in [0, 0.1) is 0 Å². The van der Waals surface area contributed by atoms with Gasteiger partial charge >= 0.3 is 0 Å². The van der Waals surface area contributed by atoms with Crippen LogP contribution >= 0.6 is 0 Å². The Bertz CT molecular complexity index is 1960. The van der Waals surface area contributed by atoms with Crippen LogP contribution in [0.25, 0.3) is 33.9 Å². The summed E-state index contributed by atoms with van der Waals surface area (Å²) in [5.74, 6) is 0.419. The first-order chi connectivity index (χ1) is 20.9. The highest BCUT2D eigenvalue weighted by Crippen LogP contribution is 2.36. The Labute approximate surface area is 246 Å². The molecule has 5 aromatic rings. The molecule has 1 amide bonds. The third kappa shape index (κ3) is 5.04. The number of pyridine rings is 2. The van der Waals surface area contributed by atoms with Crippen LogP contribution in [0.5, 0.6) is 5.75 Å². The van der Waals surface area contributed by atoms with Crippen LogP contribution in [-0.4, -0.2) is 36.8 Å². The molecule has 1 unspecified atom stereocenters. The Kier molecular flexibility index (Phi) is 7.04. The number of carbonyl (C=O) groups excluding carboxylic acids is 2. The normalized spacial score (nSPS) is 14.7. The smallest absolute Gasteiger partial charge is 0.251 e. The maximum atomic E-state index is 13.0. The minimum absolute atomic E-state index is 0.0617. The van der Waals surface area contributed by atoms with E-state index in [1.54, 1.807) is 30.5 Å². The largest absolute Gasteiger partial charge is 0.507 e. The summed E-state index contributed by atoms with van der Waals surface area (Å²) in [6.45, 7) is 0. The van der Waals surface area contributed by atoms with E-state index in [4.69, 9.17) is 27.2 Å². The van der Waals surface area contributed by atoms with E-state index >= 15 is 0 Å². The van der Waals surface area contributed by atoms with Crippen LogP contribution in [-0.2, 0) is 6.42 Å². The number of nitrogen functional groups attached to an aromatic ring is 1. The number of aldehydes is 1. The quantitative estimate of drug-likeness (QED) is 0.143. The van der Waals surface area contributed by atoms with Gasteiger partial charge in [0.25, 0.3) is 5.91 Å². The van der Waals surface area contributed by atoms with Crippen LogP contribution < -0.4 is 22.5 Å². The minimum Gasteiger partial charge on any atom is -0.507 e. The highest BCUT2D eigenvalue weighted by Gasteiger charge is 2.26. The number of hydrogen-bond acceptors (Lipinski definition) is 9. The van der Waals surface area contributed by atoms with E-state index in [1.807, 2.05) is 28.8 Å². The highest BCUT2D eigenvalue weighted by atomic mass is 16.3. The van der Waals surface area contributed by atoms with Crippen LogP contribution in [0.4, 0.5) is 5.82 Å². The number of imidazole rings is 1. The number of rotatable bonds is 7. The molecule has 0 fully saturated rings. The minimum atomic E-state index is -0.327. The van der Waals surface area contributed by atoms with Crippen LogP contribution in [0.1, 0.15) is 50.0 Å². The van der Waals surface area contributed by atoms with Crippen molar-refractivity contribution < 1.29 is 14.7 Å². The van der Waals surface area contributed by atoms with E-state index in [0.717, 1.165) is 23.2 Å². The van der Waals surface area contributed by atoms with Crippen LogP contribution in [0.2, 0.25) is 0 Å². The summed E-state index contributed by atoms with van der Waals surface area (Å²) in [6, 6.07) is 17.3. The van der Waals surface area contributed by atoms with Gasteiger partial charge in [0.05, 0.1) is 28.6 Å². The van der Waals surface area contributed by atoms with Gasteiger partial charge in [0.2, 0.25) is 0 Å². The van der Waals surface area contributed by atoms with Gasteiger partial charge in [-0.2, -0.15) is 0 Å². The fraction of sp³-hybridized carbons (Fsp3) is 0.0938. The van der Waals surface area contributed by atoms with E-state index in [0.29, 0.717) is 58.0 Å². The second-order valence-electron chi connectivity index (χ2n) is 10.1. The summed E-state index contributed by atoms with van der Waals surface area (Å²) >= 11 is 0. The second-order valence-corrected chi connectivity index (χ2v) is 10.1. The SMILES string of the molecule is N/C=C\C=C(/N)c1ccc2nc(-c3cccnc3N)n(-c3ccc4c(c3)CCC4NC(=O)c3ccc(O)c(C=O)c3)c2n1. The molecule has 3 aromatic heterocycles. The van der Waals surface area contributed by atoms with Gasteiger partial charge in [-0.15, -0.1) is 0 Å². The van der Waals surface area contributed by atoms with Gasteiger partial charge in [0, 0.05) is 17.4 Å². The maximum absolute atomic E-state index is 13.0. The molecule has 0 bridgehead atoms. The van der Waals surface area contributed by atoms with Gasteiger partial charge in [-0.25, -0.2) is 15.0 Å². The van der Waals surface area contributed by atoms with Gasteiger partial charge in [-0.05, 0) is 96.9 Å². The van der Waals surface area contributed by atoms with Gasteiger partial charge in [0.15, 0.2) is 17.8 Å². The number of aromatic hydroxyl groups is 1. The molecule has 11 heteroatoms. The number of aromatic nitrogens is 4. The molecule has 0 radical (unpaired) electrons. The Morgan fingerprint density at radius 1 is 1.09 bits per heavy atom. The topological polar surface area (TPSA) is 188 Å². The molecular weight excluding hydrogens is 544 g/mol. The molecule has 0 saturated heterocycles. The predicted molar refractivity (Wildman–Crippen MR) is 164 cm³/mol. The summed E-state index contributed by atoms with van der Waals surface area (Å²) in [5.41, 5.74) is 24.2. The van der Waals surface area contributed by atoms with Gasteiger partial charge in [0.1, 0.15) is 17.1 Å². The van der Waals surface area contributed by atoms with E-state index in [9.17, 15) is 14.7 Å². The number of allylic oxidation sites excluding steroid dienone is 2. The number of anilines is 1. The lowest BCUT2D eigenvalue weighted by atomic mass is 10.1. The number of benzene rings is 2. The summed E-state index contributed by atoms with van der Waals surface area (Å²) < 4.78 is 1.93. The fourth-order valence-electron chi connectivity index (χ4n) is 5.32. The summed E-state index contributed by atoms with van der Waals surface area (Å²) in [5, 5.41) is 12.8. The molecular formula is C32H28N8O3. The van der Waals surface area contributed by atoms with Gasteiger partial charge in [-0.1, -0.05) is 6.07 Å². The summed E-state index contributed by atoms with van der Waals surface area (Å²) in [7, 11) is 0. The number of carbonyl (C=O) groups is 2. The highest BCUT2D eigenvalue weighted by molar-refractivity contribution is 5.96. The third-order valence-electron chi connectivity index (χ3n) is 7.45. The van der Waals surface area contributed by atoms with Gasteiger partial charge < -0.3 is 27.6 Å². The first-order valence-corrected chi connectivity index (χ1v) is 13.5. The molecule has 11 nitrogen and oxygen atoms in total. The first kappa shape index (κ1) is 27.2. The predicted octanol–water partition coefficient (Wildman–Crippen LogP) is 3.77. The van der Waals surface area contributed by atoms with Crippen molar-refractivity contribution in [1.29, 1.82) is 0 Å². The Morgan fingerprint density at radius 3 is 2.74 bits per heavy atom. The molecule has 0 saturated carbocycles. The average molecular weight is 573 g/mol. The summed E-state index contributed by atoms with van der Waals surface area (Å²) in [4.78, 5) is 38.2. The lowest BCUT2D eigenvalue weighted by Crippen LogP contribution is -2.27. The first-order valence-electron chi connectivity index (χ1n) is 13.5. The zero-order chi connectivity index (χ0) is 30.1. The number of phenolic OH excluding ortho intramolecular Hbond substituents is 1. The van der Waals surface area contributed by atoms with E-state index < -0.39 is 0 Å². The number of nitrogens with zero attached hydrogens (tertiary/aromatic N) is 4. The van der Waals surface area contributed by atoms with E-state index in [1.165, 1.54) is 24.4 Å². The van der Waals surface area contributed by atoms with Crippen molar-refractivity contribution in [3.8, 4) is 22.8 Å². The zero-order valence-electron chi connectivity index (χ0n) is 22.9. The van der Waals surface area contributed by atoms with Crippen molar-refractivity contribution in [1.82, 2.24) is 24.8 Å². The average Bonchev–Trinajstić information content (AvgIpc) is 3.60. The second kappa shape index (κ2) is 11.1. The Morgan fingerprint density at radius 2 is 1.95 bits per heavy atom.